The molecular formula is C38H32O8. The maximum absolute atomic E-state index is 11.5. The lowest BCUT2D eigenvalue weighted by molar-refractivity contribution is -0.130. The van der Waals surface area contributed by atoms with Gasteiger partial charge < -0.3 is 18.9 Å². The van der Waals surface area contributed by atoms with Gasteiger partial charge in [0.2, 0.25) is 0 Å². The first-order chi connectivity index (χ1) is 22.0. The van der Waals surface area contributed by atoms with E-state index in [4.69, 9.17) is 18.9 Å². The van der Waals surface area contributed by atoms with E-state index in [0.29, 0.717) is 34.1 Å². The summed E-state index contributed by atoms with van der Waals surface area (Å²) in [5, 5.41) is 0. The Hall–Kier alpha value is -6.28. The Labute approximate surface area is 267 Å². The van der Waals surface area contributed by atoms with Gasteiger partial charge in [-0.25, -0.2) is 19.2 Å². The van der Waals surface area contributed by atoms with Crippen molar-refractivity contribution in [1.29, 1.82) is 0 Å². The van der Waals surface area contributed by atoms with E-state index in [0.717, 1.165) is 34.4 Å². The average molecular weight is 617 g/mol. The molecule has 8 heteroatoms. The molecule has 232 valence electrons. The van der Waals surface area contributed by atoms with Crippen molar-refractivity contribution in [3.63, 3.8) is 0 Å². The molecule has 0 saturated carbocycles. The molecule has 0 aliphatic heterocycles. The zero-order valence-electron chi connectivity index (χ0n) is 25.5. The summed E-state index contributed by atoms with van der Waals surface area (Å²) in [4.78, 5) is 45.1. The van der Waals surface area contributed by atoms with Crippen molar-refractivity contribution in [2.45, 2.75) is 13.8 Å². The van der Waals surface area contributed by atoms with Crippen LogP contribution < -0.4 is 18.9 Å². The Balaban J connectivity index is 0.000000251. The fourth-order valence-electron chi connectivity index (χ4n) is 3.57. The molecule has 0 fully saturated rings. The van der Waals surface area contributed by atoms with Crippen molar-refractivity contribution in [2.24, 2.45) is 0 Å². The summed E-state index contributed by atoms with van der Waals surface area (Å²) in [5.74, 6) is -0.0898. The second-order valence-corrected chi connectivity index (χ2v) is 9.69. The van der Waals surface area contributed by atoms with Crippen molar-refractivity contribution < 1.29 is 38.1 Å². The molecule has 8 nitrogen and oxygen atoms in total. The third kappa shape index (κ3) is 10.5. The van der Waals surface area contributed by atoms with Crippen molar-refractivity contribution in [2.75, 3.05) is 0 Å². The second kappa shape index (κ2) is 16.5. The normalized spacial score (nSPS) is 9.78. The predicted octanol–water partition coefficient (Wildman–Crippen LogP) is 7.85. The van der Waals surface area contributed by atoms with Crippen LogP contribution in [0.15, 0.2) is 147 Å². The minimum Gasteiger partial charge on any atom is -0.423 e. The van der Waals surface area contributed by atoms with Crippen LogP contribution in [-0.2, 0) is 19.2 Å². The van der Waals surface area contributed by atoms with E-state index < -0.39 is 23.9 Å². The molecular weight excluding hydrogens is 584 g/mol. The van der Waals surface area contributed by atoms with Gasteiger partial charge >= 0.3 is 23.9 Å². The molecule has 0 aliphatic carbocycles. The topological polar surface area (TPSA) is 105 Å². The zero-order valence-corrected chi connectivity index (χ0v) is 25.5. The lowest BCUT2D eigenvalue weighted by Gasteiger charge is -2.07. The molecule has 0 aliphatic rings. The minimum atomic E-state index is -0.499. The van der Waals surface area contributed by atoms with Gasteiger partial charge in [0.1, 0.15) is 23.0 Å². The number of benzene rings is 4. The largest absolute Gasteiger partial charge is 0.423 e. The Morgan fingerprint density at radius 2 is 0.652 bits per heavy atom. The van der Waals surface area contributed by atoms with Gasteiger partial charge in [0.15, 0.2) is 0 Å². The number of carbonyl (C=O) groups is 4. The van der Waals surface area contributed by atoms with Gasteiger partial charge in [0.05, 0.1) is 0 Å². The molecule has 0 saturated heterocycles. The highest BCUT2D eigenvalue weighted by Gasteiger charge is 2.08. The average Bonchev–Trinajstić information content (AvgIpc) is 3.06. The molecule has 0 atom stereocenters. The molecule has 4 aromatic rings. The first-order valence-electron chi connectivity index (χ1n) is 13.8. The van der Waals surface area contributed by atoms with Gasteiger partial charge in [0, 0.05) is 23.3 Å². The third-order valence-electron chi connectivity index (χ3n) is 5.97. The van der Waals surface area contributed by atoms with E-state index in [2.05, 4.69) is 26.3 Å². The van der Waals surface area contributed by atoms with Gasteiger partial charge in [-0.1, -0.05) is 74.8 Å². The van der Waals surface area contributed by atoms with Crippen LogP contribution in [0.3, 0.4) is 0 Å². The highest BCUT2D eigenvalue weighted by molar-refractivity contribution is 5.89. The molecule has 0 radical (unpaired) electrons. The maximum Gasteiger partial charge on any atom is 0.338 e. The monoisotopic (exact) mass is 616 g/mol. The first kappa shape index (κ1) is 34.2. The van der Waals surface area contributed by atoms with Crippen LogP contribution in [0.25, 0.3) is 22.3 Å². The van der Waals surface area contributed by atoms with Gasteiger partial charge in [-0.3, -0.25) is 0 Å². The molecule has 0 aromatic heterocycles. The van der Waals surface area contributed by atoms with Crippen molar-refractivity contribution in [3.8, 4) is 45.3 Å². The minimum absolute atomic E-state index is 0.346. The number of esters is 4. The highest BCUT2D eigenvalue weighted by Crippen LogP contribution is 2.26. The summed E-state index contributed by atoms with van der Waals surface area (Å²) >= 11 is 0. The van der Waals surface area contributed by atoms with Crippen molar-refractivity contribution in [3.05, 3.63) is 147 Å². The predicted molar refractivity (Wildman–Crippen MR) is 176 cm³/mol. The summed E-state index contributed by atoms with van der Waals surface area (Å²) in [5.41, 5.74) is 4.48. The summed E-state index contributed by atoms with van der Waals surface area (Å²) < 4.78 is 20.3. The number of hydrogen-bond donors (Lipinski definition) is 0. The maximum atomic E-state index is 11.5. The van der Waals surface area contributed by atoms with Crippen LogP contribution in [0.4, 0.5) is 0 Å². The van der Waals surface area contributed by atoms with E-state index in [1.54, 1.807) is 62.4 Å². The summed E-state index contributed by atoms with van der Waals surface area (Å²) in [7, 11) is 0. The van der Waals surface area contributed by atoms with E-state index >= 15 is 0 Å². The number of hydrogen-bond acceptors (Lipinski definition) is 8. The van der Waals surface area contributed by atoms with Crippen molar-refractivity contribution >= 4 is 23.9 Å². The molecule has 0 spiro atoms. The fraction of sp³-hybridized carbons (Fsp3) is 0.0526. The molecule has 4 aromatic carbocycles. The van der Waals surface area contributed by atoms with Gasteiger partial charge in [-0.15, -0.1) is 0 Å². The highest BCUT2D eigenvalue weighted by atomic mass is 16.5. The van der Waals surface area contributed by atoms with Crippen LogP contribution in [0.2, 0.25) is 0 Å². The number of carbonyl (C=O) groups excluding carboxylic acids is 4. The molecule has 0 N–H and O–H groups in total. The van der Waals surface area contributed by atoms with Gasteiger partial charge in [0.25, 0.3) is 0 Å². The SMILES string of the molecule is C=C(C)C(=O)Oc1ccc(-c2ccc(OC(=O)C(=C)C)cc2)cc1.C=CC(=O)Oc1ccc(-c2ccc(OC(=O)C=C)cc2)cc1. The van der Waals surface area contributed by atoms with Crippen LogP contribution in [0.5, 0.6) is 23.0 Å². The smallest absolute Gasteiger partial charge is 0.338 e. The van der Waals surface area contributed by atoms with Crippen LogP contribution >= 0.6 is 0 Å². The lowest BCUT2D eigenvalue weighted by atomic mass is 10.1. The molecule has 0 heterocycles. The summed E-state index contributed by atoms with van der Waals surface area (Å²) in [6.45, 7) is 17.0. The molecule has 0 amide bonds. The quantitative estimate of drug-likeness (QED) is 0.101. The van der Waals surface area contributed by atoms with E-state index in [1.165, 1.54) is 0 Å². The first-order valence-corrected chi connectivity index (χ1v) is 13.8. The second-order valence-electron chi connectivity index (χ2n) is 9.69. The van der Waals surface area contributed by atoms with Gasteiger partial charge in [-0.2, -0.15) is 0 Å². The molecule has 4 rings (SSSR count). The fourth-order valence-corrected chi connectivity index (χ4v) is 3.57. The zero-order chi connectivity index (χ0) is 33.6. The van der Waals surface area contributed by atoms with Crippen LogP contribution in [-0.4, -0.2) is 23.9 Å². The third-order valence-corrected chi connectivity index (χ3v) is 5.97. The molecule has 0 bridgehead atoms. The number of ether oxygens (including phenoxy) is 4. The van der Waals surface area contributed by atoms with Gasteiger partial charge in [-0.05, 0) is 84.6 Å². The van der Waals surface area contributed by atoms with E-state index in [9.17, 15) is 19.2 Å². The Morgan fingerprint density at radius 1 is 0.435 bits per heavy atom. The Morgan fingerprint density at radius 3 is 0.848 bits per heavy atom. The Kier molecular flexibility index (Phi) is 12.3. The van der Waals surface area contributed by atoms with Crippen LogP contribution in [0.1, 0.15) is 13.8 Å². The number of rotatable bonds is 10. The summed E-state index contributed by atoms with van der Waals surface area (Å²) in [6, 6.07) is 28.3. The Bertz CT molecular complexity index is 1610. The van der Waals surface area contributed by atoms with Crippen molar-refractivity contribution in [1.82, 2.24) is 0 Å². The van der Waals surface area contributed by atoms with Crippen LogP contribution in [0, 0.1) is 0 Å². The summed E-state index contributed by atoms with van der Waals surface area (Å²) in [6.07, 6.45) is 2.22. The van der Waals surface area contributed by atoms with E-state index in [-0.39, 0.29) is 0 Å². The standard InChI is InChI=1S/C20H18O4.C18H14O4/c1-13(2)19(21)23-17-9-5-15(6-10-17)16-7-11-18(12-8-16)24-20(22)14(3)4;1-3-17(19)21-15-9-5-13(6-10-15)14-7-11-16(12-8-14)22-18(20)4-2/h5-12H,1,3H2,2,4H3;3-12H,1-2H2. The molecule has 46 heavy (non-hydrogen) atoms. The molecule has 0 unspecified atom stereocenters. The lowest BCUT2D eigenvalue weighted by Crippen LogP contribution is -2.08. The van der Waals surface area contributed by atoms with E-state index in [1.807, 2.05) is 48.5 Å².